The maximum absolute atomic E-state index is 10.3. The Kier molecular flexibility index (Phi) is 5.03. The Balaban J connectivity index is 1.94. The van der Waals surface area contributed by atoms with Crippen LogP contribution in [0, 0.1) is 0 Å². The maximum Gasteiger partial charge on any atom is 0.0954 e. The van der Waals surface area contributed by atoms with Crippen LogP contribution in [0.4, 0.5) is 0 Å². The molecule has 0 radical (unpaired) electrons. The largest absolute Gasteiger partial charge is 0.392 e. The lowest BCUT2D eigenvalue weighted by Crippen LogP contribution is -2.30. The first-order valence-corrected chi connectivity index (χ1v) is 9.37. The van der Waals surface area contributed by atoms with E-state index < -0.39 is 0 Å². The van der Waals surface area contributed by atoms with Crippen molar-refractivity contribution in [1.29, 1.82) is 0 Å². The molecule has 2 nitrogen and oxygen atoms in total. The normalized spacial score (nSPS) is 23.0. The van der Waals surface area contributed by atoms with Crippen LogP contribution in [0.2, 0.25) is 0 Å². The van der Waals surface area contributed by atoms with Gasteiger partial charge in [-0.3, -0.25) is 0 Å². The second kappa shape index (κ2) is 6.16. The van der Waals surface area contributed by atoms with Gasteiger partial charge in [-0.05, 0) is 0 Å². The Labute approximate surface area is 122 Å². The summed E-state index contributed by atoms with van der Waals surface area (Å²) in [5.41, 5.74) is 1.25. The van der Waals surface area contributed by atoms with Gasteiger partial charge in [0.25, 0.3) is 0 Å². The van der Waals surface area contributed by atoms with E-state index in [4.69, 9.17) is 0 Å². The molecule has 2 atom stereocenters. The van der Waals surface area contributed by atoms with Crippen LogP contribution in [0.3, 0.4) is 0 Å². The van der Waals surface area contributed by atoms with Crippen LogP contribution in [-0.4, -0.2) is 38.7 Å². The van der Waals surface area contributed by atoms with Crippen molar-refractivity contribution in [3.05, 3.63) is 16.1 Å². The van der Waals surface area contributed by atoms with E-state index >= 15 is 0 Å². The number of aromatic nitrogens is 1. The average Bonchev–Trinajstić information content (AvgIpc) is 2.78. The van der Waals surface area contributed by atoms with E-state index in [-0.39, 0.29) is 11.5 Å². The zero-order valence-corrected chi connectivity index (χ0v) is 13.6. The quantitative estimate of drug-likeness (QED) is 0.929. The van der Waals surface area contributed by atoms with Gasteiger partial charge in [0.1, 0.15) is 0 Å². The molecule has 0 amide bonds. The van der Waals surface area contributed by atoms with E-state index in [1.165, 1.54) is 5.75 Å². The Morgan fingerprint density at radius 3 is 2.78 bits per heavy atom. The molecule has 1 aromatic rings. The molecule has 102 valence electrons. The van der Waals surface area contributed by atoms with Gasteiger partial charge in [0.2, 0.25) is 0 Å². The fraction of sp³-hybridized carbons (Fsp3) is 0.769. The van der Waals surface area contributed by atoms with Crippen LogP contribution in [0.1, 0.15) is 31.5 Å². The second-order valence-electron chi connectivity index (χ2n) is 5.63. The molecule has 1 aromatic heterocycles. The van der Waals surface area contributed by atoms with Crippen molar-refractivity contribution in [2.24, 2.45) is 0 Å². The molecule has 18 heavy (non-hydrogen) atoms. The molecule has 1 N–H and O–H groups in total. The molecule has 1 aliphatic heterocycles. The highest BCUT2D eigenvalue weighted by Crippen LogP contribution is 2.29. The first-order chi connectivity index (χ1) is 8.47. The number of aliphatic hydroxyl groups excluding tert-OH is 1. The molecule has 5 heteroatoms. The molecule has 1 aliphatic rings. The molecule has 0 aliphatic carbocycles. The van der Waals surface area contributed by atoms with Crippen molar-refractivity contribution in [3.8, 4) is 0 Å². The van der Waals surface area contributed by atoms with E-state index in [1.807, 2.05) is 23.5 Å². The van der Waals surface area contributed by atoms with Crippen LogP contribution in [0.5, 0.6) is 0 Å². The number of aliphatic hydroxyl groups is 1. The number of thioether (sulfide) groups is 2. The number of hydrogen-bond acceptors (Lipinski definition) is 5. The summed E-state index contributed by atoms with van der Waals surface area (Å²) < 4.78 is 0. The van der Waals surface area contributed by atoms with Crippen molar-refractivity contribution < 1.29 is 5.11 Å². The van der Waals surface area contributed by atoms with Crippen LogP contribution >= 0.6 is 34.9 Å². The minimum Gasteiger partial charge on any atom is -0.392 e. The molecule has 0 bridgehead atoms. The SMILES string of the molecule is CC(C)(C)c1csc(CC(O)C2CSCCS2)n1. The molecule has 1 fully saturated rings. The van der Waals surface area contributed by atoms with Crippen molar-refractivity contribution in [2.45, 2.75) is 44.0 Å². The third-order valence-electron chi connectivity index (χ3n) is 2.97. The number of thiazole rings is 1. The van der Waals surface area contributed by atoms with Crippen LogP contribution in [-0.2, 0) is 11.8 Å². The summed E-state index contributed by atoms with van der Waals surface area (Å²) in [6.07, 6.45) is 0.459. The third kappa shape index (κ3) is 3.89. The fourth-order valence-electron chi connectivity index (χ4n) is 1.79. The Morgan fingerprint density at radius 2 is 2.22 bits per heavy atom. The highest BCUT2D eigenvalue weighted by atomic mass is 32.2. The third-order valence-corrected chi connectivity index (χ3v) is 6.75. The monoisotopic (exact) mass is 303 g/mol. The van der Waals surface area contributed by atoms with E-state index in [2.05, 4.69) is 31.1 Å². The standard InChI is InChI=1S/C13H21NOS3/c1-13(2,3)11-8-18-12(14-11)6-9(15)10-7-16-4-5-17-10/h8-10,15H,4-7H2,1-3H3. The molecule has 0 saturated carbocycles. The summed E-state index contributed by atoms with van der Waals surface area (Å²) in [6, 6.07) is 0. The van der Waals surface area contributed by atoms with Gasteiger partial charge in [-0.15, -0.1) is 11.3 Å². The lowest BCUT2D eigenvalue weighted by Gasteiger charge is -2.25. The lowest BCUT2D eigenvalue weighted by atomic mass is 9.93. The Bertz CT molecular complexity index is 380. The Morgan fingerprint density at radius 1 is 1.44 bits per heavy atom. The van der Waals surface area contributed by atoms with Crippen molar-refractivity contribution >= 4 is 34.9 Å². The molecular weight excluding hydrogens is 282 g/mol. The van der Waals surface area contributed by atoms with Gasteiger partial charge in [0.15, 0.2) is 0 Å². The van der Waals surface area contributed by atoms with E-state index in [1.54, 1.807) is 11.3 Å². The molecule has 0 aromatic carbocycles. The predicted molar refractivity (Wildman–Crippen MR) is 84.1 cm³/mol. The number of nitrogens with zero attached hydrogens (tertiary/aromatic N) is 1. The molecule has 2 unspecified atom stereocenters. The first-order valence-electron chi connectivity index (χ1n) is 6.29. The van der Waals surface area contributed by atoms with Gasteiger partial charge < -0.3 is 5.11 Å². The predicted octanol–water partition coefficient (Wildman–Crippen LogP) is 3.19. The van der Waals surface area contributed by atoms with Crippen LogP contribution in [0.15, 0.2) is 5.38 Å². The highest BCUT2D eigenvalue weighted by molar-refractivity contribution is 8.06. The number of hydrogen-bond donors (Lipinski definition) is 1. The van der Waals surface area contributed by atoms with Gasteiger partial charge in [0.05, 0.1) is 16.8 Å². The first kappa shape index (κ1) is 14.7. The van der Waals surface area contributed by atoms with Gasteiger partial charge in [0, 0.05) is 39.7 Å². The lowest BCUT2D eigenvalue weighted by molar-refractivity contribution is 0.177. The summed E-state index contributed by atoms with van der Waals surface area (Å²) in [4.78, 5) is 4.66. The summed E-state index contributed by atoms with van der Waals surface area (Å²) in [5.74, 6) is 3.46. The molecule has 2 heterocycles. The smallest absolute Gasteiger partial charge is 0.0954 e. The van der Waals surface area contributed by atoms with E-state index in [0.29, 0.717) is 11.7 Å². The summed E-state index contributed by atoms with van der Waals surface area (Å²) in [7, 11) is 0. The van der Waals surface area contributed by atoms with Crippen molar-refractivity contribution in [1.82, 2.24) is 4.98 Å². The maximum atomic E-state index is 10.3. The Hall–Kier alpha value is 0.290. The second-order valence-corrected chi connectivity index (χ2v) is 9.07. The molecule has 2 rings (SSSR count). The minimum absolute atomic E-state index is 0.106. The molecule has 0 spiro atoms. The van der Waals surface area contributed by atoms with Crippen molar-refractivity contribution in [2.75, 3.05) is 17.3 Å². The summed E-state index contributed by atoms with van der Waals surface area (Å²) in [6.45, 7) is 6.53. The van der Waals surface area contributed by atoms with Gasteiger partial charge >= 0.3 is 0 Å². The van der Waals surface area contributed by atoms with Gasteiger partial charge in [-0.2, -0.15) is 23.5 Å². The molecule has 1 saturated heterocycles. The van der Waals surface area contributed by atoms with E-state index in [9.17, 15) is 5.11 Å². The fourth-order valence-corrected chi connectivity index (χ4v) is 5.63. The highest BCUT2D eigenvalue weighted by Gasteiger charge is 2.25. The van der Waals surface area contributed by atoms with Crippen molar-refractivity contribution in [3.63, 3.8) is 0 Å². The topological polar surface area (TPSA) is 33.1 Å². The minimum atomic E-state index is -0.248. The summed E-state index contributed by atoms with van der Waals surface area (Å²) in [5, 5.41) is 13.9. The average molecular weight is 304 g/mol. The van der Waals surface area contributed by atoms with Crippen LogP contribution in [0.25, 0.3) is 0 Å². The van der Waals surface area contributed by atoms with Gasteiger partial charge in [-0.1, -0.05) is 20.8 Å². The van der Waals surface area contributed by atoms with E-state index in [0.717, 1.165) is 22.2 Å². The summed E-state index contributed by atoms with van der Waals surface area (Å²) >= 11 is 5.54. The molecular formula is C13H21NOS3. The zero-order chi connectivity index (χ0) is 13.2. The van der Waals surface area contributed by atoms with Gasteiger partial charge in [-0.25, -0.2) is 4.98 Å². The zero-order valence-electron chi connectivity index (χ0n) is 11.2. The van der Waals surface area contributed by atoms with Crippen LogP contribution < -0.4 is 0 Å². The number of rotatable bonds is 3.